The Morgan fingerprint density at radius 3 is 2.24 bits per heavy atom. The van der Waals surface area contributed by atoms with Crippen LogP contribution in [0.2, 0.25) is 0 Å². The topological polar surface area (TPSA) is 66.5 Å². The Hall–Kier alpha value is -2.34. The van der Waals surface area contributed by atoms with E-state index in [-0.39, 0.29) is 5.91 Å². The summed E-state index contributed by atoms with van der Waals surface area (Å²) in [4.78, 5) is 12.7. The number of benzene rings is 2. The average molecular weight is 360 g/mol. The molecule has 0 radical (unpaired) electrons. The second-order valence-electron chi connectivity index (χ2n) is 6.38. The summed E-state index contributed by atoms with van der Waals surface area (Å²) in [7, 11) is -3.62. The maximum absolute atomic E-state index is 12.7. The molecule has 0 unspecified atom stereocenters. The maximum atomic E-state index is 12.7. The molecule has 0 saturated carbocycles. The summed E-state index contributed by atoms with van der Waals surface area (Å²) in [6, 6.07) is 11.9. The van der Waals surface area contributed by atoms with Crippen molar-refractivity contribution >= 4 is 27.3 Å². The van der Waals surface area contributed by atoms with E-state index < -0.39 is 16.1 Å². The molecule has 0 aliphatic carbocycles. The van der Waals surface area contributed by atoms with Crippen LogP contribution in [-0.2, 0) is 14.8 Å². The number of carbonyl (C=O) groups excluding carboxylic acids is 1. The molecule has 2 aromatic rings. The fourth-order valence-corrected chi connectivity index (χ4v) is 3.93. The molecule has 1 atom stereocenters. The fourth-order valence-electron chi connectivity index (χ4n) is 2.76. The molecule has 5 nitrogen and oxygen atoms in total. The predicted molar refractivity (Wildman–Crippen MR) is 103 cm³/mol. The second-order valence-corrected chi connectivity index (χ2v) is 8.24. The average Bonchev–Trinajstić information content (AvgIpc) is 2.48. The Bertz CT molecular complexity index is 891. The molecule has 0 spiro atoms. The highest BCUT2D eigenvalue weighted by molar-refractivity contribution is 7.92. The summed E-state index contributed by atoms with van der Waals surface area (Å²) in [5.41, 5.74) is 4.11. The molecule has 6 heteroatoms. The molecule has 1 N–H and O–H groups in total. The van der Waals surface area contributed by atoms with Gasteiger partial charge in [0.15, 0.2) is 0 Å². The number of carbonyl (C=O) groups is 1. The molecule has 0 aliphatic rings. The maximum Gasteiger partial charge on any atom is 0.248 e. The van der Waals surface area contributed by atoms with Crippen LogP contribution in [0.5, 0.6) is 0 Å². The van der Waals surface area contributed by atoms with E-state index in [4.69, 9.17) is 0 Å². The number of nitrogens with zero attached hydrogens (tertiary/aromatic N) is 1. The van der Waals surface area contributed by atoms with E-state index >= 15 is 0 Å². The van der Waals surface area contributed by atoms with Gasteiger partial charge in [0.2, 0.25) is 15.9 Å². The van der Waals surface area contributed by atoms with E-state index in [1.54, 1.807) is 25.1 Å². The lowest BCUT2D eigenvalue weighted by Gasteiger charge is -2.28. The first-order chi connectivity index (χ1) is 11.6. The van der Waals surface area contributed by atoms with E-state index in [1.165, 1.54) is 0 Å². The Morgan fingerprint density at radius 1 is 1.04 bits per heavy atom. The van der Waals surface area contributed by atoms with Crippen LogP contribution in [0.25, 0.3) is 0 Å². The van der Waals surface area contributed by atoms with E-state index in [2.05, 4.69) is 5.32 Å². The highest BCUT2D eigenvalue weighted by atomic mass is 32.2. The number of aryl methyl sites for hydroxylation is 3. The molecule has 0 aliphatic heterocycles. The van der Waals surface area contributed by atoms with Gasteiger partial charge in [-0.15, -0.1) is 0 Å². The largest absolute Gasteiger partial charge is 0.324 e. The van der Waals surface area contributed by atoms with Gasteiger partial charge < -0.3 is 5.32 Å². The van der Waals surface area contributed by atoms with Crippen LogP contribution in [0, 0.1) is 20.8 Å². The van der Waals surface area contributed by atoms with Crippen molar-refractivity contribution < 1.29 is 13.2 Å². The summed E-state index contributed by atoms with van der Waals surface area (Å²) in [5, 5.41) is 2.83. The summed E-state index contributed by atoms with van der Waals surface area (Å²) in [5.74, 6) is -0.376. The highest BCUT2D eigenvalue weighted by Crippen LogP contribution is 2.23. The lowest BCUT2D eigenvalue weighted by atomic mass is 10.1. The van der Waals surface area contributed by atoms with Gasteiger partial charge in [-0.05, 0) is 57.0 Å². The molecule has 0 saturated heterocycles. The molecule has 2 rings (SSSR count). The first-order valence-corrected chi connectivity index (χ1v) is 9.88. The number of rotatable bonds is 5. The molecular formula is C19H24N2O3S. The van der Waals surface area contributed by atoms with Crippen LogP contribution in [0.3, 0.4) is 0 Å². The van der Waals surface area contributed by atoms with Gasteiger partial charge in [-0.3, -0.25) is 9.10 Å². The van der Waals surface area contributed by atoms with Crippen LogP contribution in [0.1, 0.15) is 23.6 Å². The zero-order valence-electron chi connectivity index (χ0n) is 15.2. The van der Waals surface area contributed by atoms with Crippen LogP contribution in [-0.4, -0.2) is 26.6 Å². The summed E-state index contributed by atoms with van der Waals surface area (Å²) < 4.78 is 25.7. The van der Waals surface area contributed by atoms with Crippen molar-refractivity contribution in [1.82, 2.24) is 0 Å². The molecule has 0 bridgehead atoms. The van der Waals surface area contributed by atoms with Gasteiger partial charge in [0.25, 0.3) is 0 Å². The minimum absolute atomic E-state index is 0.376. The van der Waals surface area contributed by atoms with E-state index in [1.807, 2.05) is 45.0 Å². The molecule has 0 heterocycles. The number of hydrogen-bond acceptors (Lipinski definition) is 3. The quantitative estimate of drug-likeness (QED) is 0.888. The van der Waals surface area contributed by atoms with Crippen molar-refractivity contribution in [3.05, 3.63) is 59.2 Å². The van der Waals surface area contributed by atoms with Crippen molar-refractivity contribution in [2.45, 2.75) is 33.7 Å². The van der Waals surface area contributed by atoms with Gasteiger partial charge in [0.1, 0.15) is 6.04 Å². The monoisotopic (exact) mass is 360 g/mol. The minimum atomic E-state index is -3.62. The fraction of sp³-hybridized carbons (Fsp3) is 0.316. The van der Waals surface area contributed by atoms with Gasteiger partial charge in [-0.1, -0.05) is 29.8 Å². The lowest BCUT2D eigenvalue weighted by Crippen LogP contribution is -2.45. The molecule has 2 aromatic carbocycles. The molecular weight excluding hydrogens is 336 g/mol. The predicted octanol–water partition coefficient (Wildman–Crippen LogP) is 3.41. The third-order valence-corrected chi connectivity index (χ3v) is 5.23. The standard InChI is InChI=1S/C19H24N2O3S/c1-13-7-6-8-17(12-13)21(25(5,23)24)16(4)19(22)20-18-10-9-14(2)11-15(18)3/h6-12,16H,1-5H3,(H,20,22)/t16-/m1/s1. The summed E-state index contributed by atoms with van der Waals surface area (Å²) in [6.45, 7) is 7.35. The Kier molecular flexibility index (Phi) is 5.52. The second kappa shape index (κ2) is 7.27. The van der Waals surface area contributed by atoms with Gasteiger partial charge >= 0.3 is 0 Å². The number of amides is 1. The Morgan fingerprint density at radius 2 is 1.68 bits per heavy atom. The first-order valence-electron chi connectivity index (χ1n) is 8.04. The number of nitrogens with one attached hydrogen (secondary N) is 1. The Balaban J connectivity index is 2.33. The van der Waals surface area contributed by atoms with Gasteiger partial charge in [-0.25, -0.2) is 8.42 Å². The van der Waals surface area contributed by atoms with Gasteiger partial charge in [0.05, 0.1) is 11.9 Å². The SMILES string of the molecule is Cc1cccc(N([C@H](C)C(=O)Nc2ccc(C)cc2C)S(C)(=O)=O)c1. The van der Waals surface area contributed by atoms with Gasteiger partial charge in [0, 0.05) is 5.69 Å². The minimum Gasteiger partial charge on any atom is -0.324 e. The zero-order chi connectivity index (χ0) is 18.8. The number of anilines is 2. The molecule has 0 aromatic heterocycles. The summed E-state index contributed by atoms with van der Waals surface area (Å²) in [6.07, 6.45) is 1.11. The molecule has 0 fully saturated rings. The van der Waals surface area contributed by atoms with E-state index in [0.717, 1.165) is 27.3 Å². The van der Waals surface area contributed by atoms with Gasteiger partial charge in [-0.2, -0.15) is 0 Å². The smallest absolute Gasteiger partial charge is 0.248 e. The van der Waals surface area contributed by atoms with Crippen LogP contribution in [0.15, 0.2) is 42.5 Å². The van der Waals surface area contributed by atoms with Crippen LogP contribution >= 0.6 is 0 Å². The first kappa shape index (κ1) is 19.0. The van der Waals surface area contributed by atoms with Crippen LogP contribution in [0.4, 0.5) is 11.4 Å². The van der Waals surface area contributed by atoms with Crippen LogP contribution < -0.4 is 9.62 Å². The highest BCUT2D eigenvalue weighted by Gasteiger charge is 2.29. The molecule has 1 amide bonds. The van der Waals surface area contributed by atoms with E-state index in [0.29, 0.717) is 11.4 Å². The van der Waals surface area contributed by atoms with E-state index in [9.17, 15) is 13.2 Å². The lowest BCUT2D eigenvalue weighted by molar-refractivity contribution is -0.116. The number of sulfonamides is 1. The Labute approximate surface area is 149 Å². The van der Waals surface area contributed by atoms with Crippen molar-refractivity contribution in [3.63, 3.8) is 0 Å². The third kappa shape index (κ3) is 4.60. The van der Waals surface area contributed by atoms with Crippen molar-refractivity contribution in [3.8, 4) is 0 Å². The molecule has 134 valence electrons. The summed E-state index contributed by atoms with van der Waals surface area (Å²) >= 11 is 0. The number of hydrogen-bond donors (Lipinski definition) is 1. The van der Waals surface area contributed by atoms with Crippen molar-refractivity contribution in [2.75, 3.05) is 15.9 Å². The normalized spacial score (nSPS) is 12.5. The molecule has 25 heavy (non-hydrogen) atoms. The van der Waals surface area contributed by atoms with Crippen molar-refractivity contribution in [2.24, 2.45) is 0 Å². The zero-order valence-corrected chi connectivity index (χ0v) is 16.0. The van der Waals surface area contributed by atoms with Crippen molar-refractivity contribution in [1.29, 1.82) is 0 Å². The third-order valence-electron chi connectivity index (χ3n) is 3.98.